The number of nitrogens with zero attached hydrogens (tertiary/aromatic N) is 3. The summed E-state index contributed by atoms with van der Waals surface area (Å²) in [5.74, 6) is -0.430. The normalized spacial score (nSPS) is 10.2. The molecular weight excluding hydrogens is 440 g/mol. The molecule has 3 rings (SSSR count). The molecule has 0 aliphatic rings. The van der Waals surface area contributed by atoms with Gasteiger partial charge in [0.15, 0.2) is 17.4 Å². The van der Waals surface area contributed by atoms with Crippen LogP contribution in [0.1, 0.15) is 29.4 Å². The Morgan fingerprint density at radius 3 is 2.61 bits per heavy atom. The summed E-state index contributed by atoms with van der Waals surface area (Å²) in [6, 6.07) is 18.8. The number of carbonyl (C=O) groups excluding carboxylic acids is 2. The number of aromatic nitrogens is 1. The van der Waals surface area contributed by atoms with Gasteiger partial charge in [-0.3, -0.25) is 4.79 Å². The van der Waals surface area contributed by atoms with E-state index in [4.69, 9.17) is 14.7 Å². The minimum atomic E-state index is -0.681. The highest BCUT2D eigenvalue weighted by atomic mass is 32.1. The summed E-state index contributed by atoms with van der Waals surface area (Å²) in [6.45, 7) is 2.73. The molecule has 1 N–H and O–H groups in total. The first-order valence-electron chi connectivity index (χ1n) is 10.4. The van der Waals surface area contributed by atoms with Gasteiger partial charge in [-0.05, 0) is 36.8 Å². The standard InChI is InChI=1S/C24H24N4O4S/c1-2-31-20-11-9-19(10-12-20)28(14-6-13-25)22(29)16-32-23(30)21-17-33-24(27-21)26-15-18-7-4-3-5-8-18/h3-5,7-12,17H,2,6,14-16H2,1H3,(H,26,27). The smallest absolute Gasteiger partial charge is 0.358 e. The largest absolute Gasteiger partial charge is 0.494 e. The predicted octanol–water partition coefficient (Wildman–Crippen LogP) is 4.26. The maximum atomic E-state index is 12.7. The molecule has 1 aromatic heterocycles. The van der Waals surface area contributed by atoms with Crippen molar-refractivity contribution in [3.63, 3.8) is 0 Å². The van der Waals surface area contributed by atoms with E-state index in [2.05, 4.69) is 10.3 Å². The number of benzene rings is 2. The van der Waals surface area contributed by atoms with Crippen molar-refractivity contribution in [2.45, 2.75) is 19.9 Å². The van der Waals surface area contributed by atoms with Crippen molar-refractivity contribution in [3.8, 4) is 11.8 Å². The first kappa shape index (κ1) is 23.8. The average Bonchev–Trinajstić information content (AvgIpc) is 3.32. The van der Waals surface area contributed by atoms with E-state index in [0.717, 1.165) is 5.56 Å². The zero-order chi connectivity index (χ0) is 23.5. The van der Waals surface area contributed by atoms with E-state index in [0.29, 0.717) is 29.7 Å². The van der Waals surface area contributed by atoms with Gasteiger partial charge in [-0.15, -0.1) is 11.3 Å². The fourth-order valence-electron chi connectivity index (χ4n) is 2.95. The van der Waals surface area contributed by atoms with Crippen molar-refractivity contribution in [3.05, 3.63) is 71.2 Å². The Bertz CT molecular complexity index is 1090. The number of hydrogen-bond acceptors (Lipinski definition) is 8. The second-order valence-electron chi connectivity index (χ2n) is 6.83. The van der Waals surface area contributed by atoms with Gasteiger partial charge < -0.3 is 19.7 Å². The van der Waals surface area contributed by atoms with Crippen LogP contribution in [0.15, 0.2) is 60.0 Å². The fourth-order valence-corrected chi connectivity index (χ4v) is 3.63. The molecule has 0 unspecified atom stereocenters. The number of nitrogens with one attached hydrogen (secondary N) is 1. The van der Waals surface area contributed by atoms with Gasteiger partial charge in [0.25, 0.3) is 5.91 Å². The van der Waals surface area contributed by atoms with Gasteiger partial charge >= 0.3 is 5.97 Å². The SMILES string of the molecule is CCOc1ccc(N(CCC#N)C(=O)COC(=O)c2csc(NCc3ccccc3)n2)cc1. The van der Waals surface area contributed by atoms with Crippen LogP contribution >= 0.6 is 11.3 Å². The van der Waals surface area contributed by atoms with Crippen molar-refractivity contribution in [1.82, 2.24) is 4.98 Å². The highest BCUT2D eigenvalue weighted by Crippen LogP contribution is 2.21. The number of hydrogen-bond donors (Lipinski definition) is 1. The molecule has 0 fully saturated rings. The monoisotopic (exact) mass is 464 g/mol. The molecule has 2 aromatic carbocycles. The third-order valence-corrected chi connectivity index (χ3v) is 5.33. The van der Waals surface area contributed by atoms with Crippen LogP contribution in [0, 0.1) is 11.3 Å². The second kappa shape index (κ2) is 12.2. The number of anilines is 2. The summed E-state index contributed by atoms with van der Waals surface area (Å²) in [5.41, 5.74) is 1.82. The van der Waals surface area contributed by atoms with Gasteiger partial charge in [0.2, 0.25) is 0 Å². The molecule has 0 radical (unpaired) electrons. The van der Waals surface area contributed by atoms with Gasteiger partial charge in [-0.2, -0.15) is 5.26 Å². The minimum absolute atomic E-state index is 0.132. The third-order valence-electron chi connectivity index (χ3n) is 4.53. The van der Waals surface area contributed by atoms with Gasteiger partial charge in [-0.25, -0.2) is 9.78 Å². The molecule has 0 bridgehead atoms. The molecule has 0 saturated carbocycles. The second-order valence-corrected chi connectivity index (χ2v) is 7.69. The molecule has 9 heteroatoms. The average molecular weight is 465 g/mol. The Kier molecular flexibility index (Phi) is 8.79. The predicted molar refractivity (Wildman–Crippen MR) is 126 cm³/mol. The molecule has 0 atom stereocenters. The molecule has 0 aliphatic heterocycles. The first-order valence-corrected chi connectivity index (χ1v) is 11.3. The Morgan fingerprint density at radius 2 is 1.91 bits per heavy atom. The first-order chi connectivity index (χ1) is 16.1. The van der Waals surface area contributed by atoms with Crippen LogP contribution in [-0.4, -0.2) is 36.6 Å². The number of carbonyl (C=O) groups is 2. The molecule has 1 amide bonds. The molecule has 8 nitrogen and oxygen atoms in total. The molecule has 0 saturated heterocycles. The van der Waals surface area contributed by atoms with Crippen LogP contribution in [0.2, 0.25) is 0 Å². The number of ether oxygens (including phenoxy) is 2. The Balaban J connectivity index is 1.56. The number of thiazole rings is 1. The Morgan fingerprint density at radius 1 is 1.15 bits per heavy atom. The zero-order valence-electron chi connectivity index (χ0n) is 18.2. The lowest BCUT2D eigenvalue weighted by molar-refractivity contribution is -0.121. The van der Waals surface area contributed by atoms with E-state index in [-0.39, 0.29) is 18.7 Å². The molecular formula is C24H24N4O4S. The topological polar surface area (TPSA) is 105 Å². The highest BCUT2D eigenvalue weighted by Gasteiger charge is 2.19. The van der Waals surface area contributed by atoms with Gasteiger partial charge in [0.05, 0.1) is 19.1 Å². The summed E-state index contributed by atoms with van der Waals surface area (Å²) >= 11 is 1.28. The van der Waals surface area contributed by atoms with Gasteiger partial charge in [0, 0.05) is 24.2 Å². The molecule has 0 aliphatic carbocycles. The van der Waals surface area contributed by atoms with E-state index in [1.165, 1.54) is 16.2 Å². The highest BCUT2D eigenvalue weighted by molar-refractivity contribution is 7.13. The van der Waals surface area contributed by atoms with Crippen molar-refractivity contribution < 1.29 is 19.1 Å². The maximum absolute atomic E-state index is 12.7. The summed E-state index contributed by atoms with van der Waals surface area (Å²) in [7, 11) is 0. The van der Waals surface area contributed by atoms with Crippen LogP contribution in [0.4, 0.5) is 10.8 Å². The molecule has 0 spiro atoms. The zero-order valence-corrected chi connectivity index (χ0v) is 19.0. The van der Waals surface area contributed by atoms with Crippen molar-refractivity contribution >= 4 is 34.0 Å². The van der Waals surface area contributed by atoms with Crippen LogP contribution in [0.25, 0.3) is 0 Å². The number of rotatable bonds is 11. The lowest BCUT2D eigenvalue weighted by atomic mass is 10.2. The Labute approximate surface area is 196 Å². The molecule has 33 heavy (non-hydrogen) atoms. The fraction of sp³-hybridized carbons (Fsp3) is 0.250. The van der Waals surface area contributed by atoms with Crippen molar-refractivity contribution in [2.75, 3.05) is 30.0 Å². The van der Waals surface area contributed by atoms with Crippen LogP contribution < -0.4 is 15.0 Å². The summed E-state index contributed by atoms with van der Waals surface area (Å²) in [4.78, 5) is 30.8. The van der Waals surface area contributed by atoms with Crippen molar-refractivity contribution in [2.24, 2.45) is 0 Å². The van der Waals surface area contributed by atoms with Crippen molar-refractivity contribution in [1.29, 1.82) is 5.26 Å². The van der Waals surface area contributed by atoms with E-state index < -0.39 is 18.5 Å². The van der Waals surface area contributed by atoms with Gasteiger partial charge in [0.1, 0.15) is 5.75 Å². The number of nitriles is 1. The number of amides is 1. The Hall–Kier alpha value is -3.90. The van der Waals surface area contributed by atoms with Gasteiger partial charge in [-0.1, -0.05) is 30.3 Å². The maximum Gasteiger partial charge on any atom is 0.358 e. The quantitative estimate of drug-likeness (QED) is 0.423. The van der Waals surface area contributed by atoms with Crippen LogP contribution in [-0.2, 0) is 16.1 Å². The lowest BCUT2D eigenvalue weighted by Crippen LogP contribution is -2.35. The van der Waals surface area contributed by atoms with Crippen LogP contribution in [0.5, 0.6) is 5.75 Å². The van der Waals surface area contributed by atoms with E-state index >= 15 is 0 Å². The van der Waals surface area contributed by atoms with E-state index in [1.807, 2.05) is 43.3 Å². The lowest BCUT2D eigenvalue weighted by Gasteiger charge is -2.21. The molecule has 170 valence electrons. The minimum Gasteiger partial charge on any atom is -0.494 e. The van der Waals surface area contributed by atoms with E-state index in [9.17, 15) is 9.59 Å². The summed E-state index contributed by atoms with van der Waals surface area (Å²) < 4.78 is 10.6. The number of esters is 1. The molecule has 1 heterocycles. The van der Waals surface area contributed by atoms with Crippen LogP contribution in [0.3, 0.4) is 0 Å². The summed E-state index contributed by atoms with van der Waals surface area (Å²) in [5, 5.41) is 14.3. The summed E-state index contributed by atoms with van der Waals surface area (Å²) in [6.07, 6.45) is 0.148. The third kappa shape index (κ3) is 7.05. The van der Waals surface area contributed by atoms with E-state index in [1.54, 1.807) is 29.6 Å². The molecule has 3 aromatic rings.